The average molecular weight is 244 g/mol. The van der Waals surface area contributed by atoms with Crippen LogP contribution < -0.4 is 5.32 Å². The maximum Gasteiger partial charge on any atom is 0.229 e. The molecule has 3 nitrogen and oxygen atoms in total. The van der Waals surface area contributed by atoms with Gasteiger partial charge in [0.25, 0.3) is 0 Å². The van der Waals surface area contributed by atoms with Gasteiger partial charge < -0.3 is 10.2 Å². The Balaban J connectivity index is 2.60. The third-order valence-electron chi connectivity index (χ3n) is 3.58. The van der Waals surface area contributed by atoms with Crippen molar-refractivity contribution in [3.8, 4) is 0 Å². The van der Waals surface area contributed by atoms with Gasteiger partial charge in [-0.3, -0.25) is 4.79 Å². The quantitative estimate of drug-likeness (QED) is 0.797. The van der Waals surface area contributed by atoms with E-state index in [0.29, 0.717) is 5.91 Å². The molecule has 1 aliphatic rings. The van der Waals surface area contributed by atoms with E-state index in [0.717, 1.165) is 44.6 Å². The summed E-state index contributed by atoms with van der Waals surface area (Å²) in [6.07, 6.45) is 5.19. The normalized spacial score (nSPS) is 25.4. The Labute approximate surface area is 103 Å². The van der Waals surface area contributed by atoms with Crippen molar-refractivity contribution in [1.29, 1.82) is 0 Å². The summed E-state index contributed by atoms with van der Waals surface area (Å²) >= 11 is 1.79. The minimum atomic E-state index is -0.134. The van der Waals surface area contributed by atoms with Crippen molar-refractivity contribution in [2.75, 3.05) is 38.7 Å². The first-order valence-electron chi connectivity index (χ1n) is 6.11. The van der Waals surface area contributed by atoms with Crippen molar-refractivity contribution < 1.29 is 4.79 Å². The van der Waals surface area contributed by atoms with Gasteiger partial charge in [0.1, 0.15) is 0 Å². The van der Waals surface area contributed by atoms with E-state index in [9.17, 15) is 4.79 Å². The predicted octanol–water partition coefficient (Wildman–Crippen LogP) is 1.59. The van der Waals surface area contributed by atoms with Crippen molar-refractivity contribution in [3.05, 3.63) is 0 Å². The van der Waals surface area contributed by atoms with Gasteiger partial charge in [-0.15, -0.1) is 0 Å². The minimum Gasteiger partial charge on any atom is -0.344 e. The fraction of sp³-hybridized carbons (Fsp3) is 0.917. The average Bonchev–Trinajstić information content (AvgIpc) is 2.35. The van der Waals surface area contributed by atoms with Crippen LogP contribution in [-0.2, 0) is 4.79 Å². The van der Waals surface area contributed by atoms with E-state index < -0.39 is 0 Å². The van der Waals surface area contributed by atoms with Crippen LogP contribution in [0.5, 0.6) is 0 Å². The number of hydrogen-bond donors (Lipinski definition) is 1. The van der Waals surface area contributed by atoms with Gasteiger partial charge in [0.05, 0.1) is 5.41 Å². The number of hydrogen-bond acceptors (Lipinski definition) is 3. The lowest BCUT2D eigenvalue weighted by molar-refractivity contribution is -0.141. The molecule has 1 N–H and O–H groups in total. The molecule has 0 radical (unpaired) electrons. The highest BCUT2D eigenvalue weighted by atomic mass is 32.2. The summed E-state index contributed by atoms with van der Waals surface area (Å²) in [4.78, 5) is 14.3. The van der Waals surface area contributed by atoms with Gasteiger partial charge in [-0.05, 0) is 32.1 Å². The summed E-state index contributed by atoms with van der Waals surface area (Å²) in [5, 5.41) is 3.37. The smallest absolute Gasteiger partial charge is 0.229 e. The molecule has 1 heterocycles. The van der Waals surface area contributed by atoms with Crippen molar-refractivity contribution in [2.45, 2.75) is 26.2 Å². The summed E-state index contributed by atoms with van der Waals surface area (Å²) in [5.41, 5.74) is -0.134. The van der Waals surface area contributed by atoms with Crippen molar-refractivity contribution in [3.63, 3.8) is 0 Å². The molecule has 1 unspecified atom stereocenters. The van der Waals surface area contributed by atoms with Gasteiger partial charge in [-0.1, -0.05) is 6.92 Å². The highest BCUT2D eigenvalue weighted by molar-refractivity contribution is 7.98. The number of amides is 1. The molecule has 0 spiro atoms. The largest absolute Gasteiger partial charge is 0.344 e. The maximum absolute atomic E-state index is 12.4. The van der Waals surface area contributed by atoms with Crippen molar-refractivity contribution in [2.24, 2.45) is 5.41 Å². The van der Waals surface area contributed by atoms with Crippen LogP contribution in [0.2, 0.25) is 0 Å². The van der Waals surface area contributed by atoms with Gasteiger partial charge in [0.15, 0.2) is 0 Å². The van der Waals surface area contributed by atoms with E-state index in [1.807, 2.05) is 11.9 Å². The van der Waals surface area contributed by atoms with E-state index in [2.05, 4.69) is 18.5 Å². The lowest BCUT2D eigenvalue weighted by Gasteiger charge is -2.38. The number of thioether (sulfide) groups is 1. The number of nitrogens with one attached hydrogen (secondary N) is 1. The lowest BCUT2D eigenvalue weighted by Crippen LogP contribution is -2.51. The molecule has 16 heavy (non-hydrogen) atoms. The molecule has 1 amide bonds. The van der Waals surface area contributed by atoms with E-state index in [1.165, 1.54) is 0 Å². The van der Waals surface area contributed by atoms with Gasteiger partial charge in [-0.2, -0.15) is 11.8 Å². The summed E-state index contributed by atoms with van der Waals surface area (Å²) in [6, 6.07) is 0. The Kier molecular flexibility index (Phi) is 5.62. The Morgan fingerprint density at radius 1 is 1.56 bits per heavy atom. The second-order valence-electron chi connectivity index (χ2n) is 4.63. The molecule has 4 heteroatoms. The van der Waals surface area contributed by atoms with E-state index in [-0.39, 0.29) is 5.41 Å². The van der Waals surface area contributed by atoms with E-state index >= 15 is 0 Å². The highest BCUT2D eigenvalue weighted by Gasteiger charge is 2.39. The van der Waals surface area contributed by atoms with Gasteiger partial charge in [0, 0.05) is 25.9 Å². The van der Waals surface area contributed by atoms with Gasteiger partial charge >= 0.3 is 0 Å². The van der Waals surface area contributed by atoms with Crippen LogP contribution in [-0.4, -0.2) is 49.5 Å². The second-order valence-corrected chi connectivity index (χ2v) is 5.62. The summed E-state index contributed by atoms with van der Waals surface area (Å²) < 4.78 is 0. The van der Waals surface area contributed by atoms with Crippen molar-refractivity contribution >= 4 is 17.7 Å². The molecule has 0 aliphatic carbocycles. The van der Waals surface area contributed by atoms with Gasteiger partial charge in [0.2, 0.25) is 5.91 Å². The van der Waals surface area contributed by atoms with E-state index in [1.54, 1.807) is 11.8 Å². The first-order valence-corrected chi connectivity index (χ1v) is 7.51. The number of piperidine rings is 1. The Morgan fingerprint density at radius 2 is 2.31 bits per heavy atom. The Bertz CT molecular complexity index is 227. The molecule has 1 fully saturated rings. The lowest BCUT2D eigenvalue weighted by atomic mass is 9.77. The molecule has 94 valence electrons. The van der Waals surface area contributed by atoms with Crippen molar-refractivity contribution in [1.82, 2.24) is 10.2 Å². The fourth-order valence-electron chi connectivity index (χ4n) is 2.34. The predicted molar refractivity (Wildman–Crippen MR) is 70.8 cm³/mol. The Morgan fingerprint density at radius 3 is 2.81 bits per heavy atom. The molecule has 1 atom stereocenters. The number of nitrogens with zero attached hydrogens (tertiary/aromatic N) is 1. The summed E-state index contributed by atoms with van der Waals surface area (Å²) in [7, 11) is 1.94. The molecule has 0 aromatic rings. The minimum absolute atomic E-state index is 0.134. The van der Waals surface area contributed by atoms with Crippen LogP contribution in [0.25, 0.3) is 0 Å². The molecular formula is C12H24N2OS. The second kappa shape index (κ2) is 6.50. The van der Waals surface area contributed by atoms with Crippen LogP contribution in [0.4, 0.5) is 0 Å². The maximum atomic E-state index is 12.4. The van der Waals surface area contributed by atoms with Crippen LogP contribution in [0.1, 0.15) is 26.2 Å². The SMILES string of the molecule is CCC1(C(=O)N(C)CCSC)CCCNC1. The fourth-order valence-corrected chi connectivity index (χ4v) is 2.79. The molecular weight excluding hydrogens is 220 g/mol. The first kappa shape index (κ1) is 13.8. The monoisotopic (exact) mass is 244 g/mol. The standard InChI is InChI=1S/C12H24N2OS/c1-4-12(6-5-7-13-10-12)11(15)14(2)8-9-16-3/h13H,4-10H2,1-3H3. The zero-order chi connectivity index (χ0) is 12.0. The zero-order valence-corrected chi connectivity index (χ0v) is 11.5. The topological polar surface area (TPSA) is 32.3 Å². The first-order chi connectivity index (χ1) is 7.66. The number of carbonyl (C=O) groups is 1. The van der Waals surface area contributed by atoms with Crippen LogP contribution in [0.15, 0.2) is 0 Å². The van der Waals surface area contributed by atoms with Crippen LogP contribution in [0.3, 0.4) is 0 Å². The zero-order valence-electron chi connectivity index (χ0n) is 10.7. The van der Waals surface area contributed by atoms with E-state index in [4.69, 9.17) is 0 Å². The number of carbonyl (C=O) groups excluding carboxylic acids is 1. The molecule has 0 bridgehead atoms. The molecule has 0 aromatic heterocycles. The number of rotatable bonds is 5. The third kappa shape index (κ3) is 3.14. The highest BCUT2D eigenvalue weighted by Crippen LogP contribution is 2.31. The van der Waals surface area contributed by atoms with Gasteiger partial charge in [-0.25, -0.2) is 0 Å². The summed E-state index contributed by atoms with van der Waals surface area (Å²) in [6.45, 7) is 4.91. The molecule has 1 saturated heterocycles. The Hall–Kier alpha value is -0.220. The van der Waals surface area contributed by atoms with Crippen LogP contribution in [0, 0.1) is 5.41 Å². The van der Waals surface area contributed by atoms with Crippen LogP contribution >= 0.6 is 11.8 Å². The molecule has 0 saturated carbocycles. The molecule has 0 aromatic carbocycles. The summed E-state index contributed by atoms with van der Waals surface area (Å²) in [5.74, 6) is 1.35. The third-order valence-corrected chi connectivity index (χ3v) is 4.17. The molecule has 1 aliphatic heterocycles. The molecule has 1 rings (SSSR count).